The average molecular weight is 490 g/mol. The monoisotopic (exact) mass is 490 g/mol. The first-order chi connectivity index (χ1) is 16.7. The van der Waals surface area contributed by atoms with Crippen molar-refractivity contribution in [2.75, 3.05) is 40.4 Å². The number of nitrogens with zero attached hydrogens (tertiary/aromatic N) is 4. The van der Waals surface area contributed by atoms with E-state index in [1.165, 1.54) is 12.1 Å². The number of hydrogen-bond acceptors (Lipinski definition) is 7. The van der Waals surface area contributed by atoms with Crippen LogP contribution in [0.3, 0.4) is 0 Å². The van der Waals surface area contributed by atoms with Crippen molar-refractivity contribution in [1.82, 2.24) is 19.9 Å². The third-order valence-electron chi connectivity index (χ3n) is 5.93. The third kappa shape index (κ3) is 5.40. The van der Waals surface area contributed by atoms with Gasteiger partial charge >= 0.3 is 6.18 Å². The molecule has 1 aliphatic heterocycles. The molecule has 0 unspecified atom stereocenters. The van der Waals surface area contributed by atoms with Crippen molar-refractivity contribution in [3.8, 4) is 22.9 Å². The van der Waals surface area contributed by atoms with Crippen molar-refractivity contribution in [2.24, 2.45) is 0 Å². The van der Waals surface area contributed by atoms with Crippen LogP contribution in [0, 0.1) is 6.92 Å². The maximum absolute atomic E-state index is 13.0. The molecule has 8 nitrogen and oxygen atoms in total. The SMILES string of the molecule is COc1cc(C(=O)N2CCN(Cc3nc(-c4cccc(C(F)(F)F)c4)no3)CC2)cc(OC)c1C. The van der Waals surface area contributed by atoms with Gasteiger partial charge in [-0.3, -0.25) is 9.69 Å². The van der Waals surface area contributed by atoms with Gasteiger partial charge in [0.25, 0.3) is 5.91 Å². The van der Waals surface area contributed by atoms with Crippen LogP contribution in [0.1, 0.15) is 27.4 Å². The van der Waals surface area contributed by atoms with Gasteiger partial charge in [0, 0.05) is 42.9 Å². The number of rotatable bonds is 6. The van der Waals surface area contributed by atoms with Crippen LogP contribution in [0.5, 0.6) is 11.5 Å². The molecule has 0 bridgehead atoms. The van der Waals surface area contributed by atoms with E-state index < -0.39 is 11.7 Å². The van der Waals surface area contributed by atoms with E-state index in [1.54, 1.807) is 31.3 Å². The Bertz CT molecular complexity index is 1180. The summed E-state index contributed by atoms with van der Waals surface area (Å²) < 4.78 is 54.9. The lowest BCUT2D eigenvalue weighted by Gasteiger charge is -2.34. The van der Waals surface area contributed by atoms with E-state index in [0.29, 0.717) is 55.7 Å². The summed E-state index contributed by atoms with van der Waals surface area (Å²) in [6.45, 7) is 4.33. The van der Waals surface area contributed by atoms with E-state index >= 15 is 0 Å². The Hall–Kier alpha value is -3.60. The maximum atomic E-state index is 13.0. The number of hydrogen-bond donors (Lipinski definition) is 0. The van der Waals surface area contributed by atoms with Crippen molar-refractivity contribution < 1.29 is 32.0 Å². The van der Waals surface area contributed by atoms with Crippen LogP contribution in [0.2, 0.25) is 0 Å². The molecular formula is C24H25F3N4O4. The number of benzene rings is 2. The van der Waals surface area contributed by atoms with Crippen LogP contribution in [0.15, 0.2) is 40.9 Å². The lowest BCUT2D eigenvalue weighted by atomic mass is 10.1. The average Bonchev–Trinajstić information content (AvgIpc) is 3.32. The Labute approximate surface area is 200 Å². The second-order valence-corrected chi connectivity index (χ2v) is 8.16. The van der Waals surface area contributed by atoms with E-state index in [1.807, 2.05) is 11.8 Å². The molecule has 0 spiro atoms. The standard InChI is InChI=1S/C24H25F3N4O4/c1-15-19(33-2)12-17(13-20(15)34-3)23(32)31-9-7-30(8-10-31)14-21-28-22(29-35-21)16-5-4-6-18(11-16)24(25,26)27/h4-6,11-13H,7-10,14H2,1-3H3. The first-order valence-corrected chi connectivity index (χ1v) is 10.9. The first kappa shape index (κ1) is 24.5. The van der Waals surface area contributed by atoms with Crippen molar-refractivity contribution in [3.63, 3.8) is 0 Å². The molecule has 35 heavy (non-hydrogen) atoms. The Morgan fingerprint density at radius 2 is 1.71 bits per heavy atom. The van der Waals surface area contributed by atoms with Crippen LogP contribution in [-0.4, -0.2) is 66.2 Å². The minimum absolute atomic E-state index is 0.0992. The van der Waals surface area contributed by atoms with E-state index in [2.05, 4.69) is 10.1 Å². The van der Waals surface area contributed by atoms with Gasteiger partial charge in [-0.25, -0.2) is 0 Å². The summed E-state index contributed by atoms with van der Waals surface area (Å²) >= 11 is 0. The molecule has 3 aromatic rings. The topological polar surface area (TPSA) is 80.9 Å². The molecular weight excluding hydrogens is 465 g/mol. The molecule has 1 fully saturated rings. The molecule has 1 saturated heterocycles. The predicted molar refractivity (Wildman–Crippen MR) is 120 cm³/mol. The molecule has 2 heterocycles. The van der Waals surface area contributed by atoms with Gasteiger partial charge in [0.15, 0.2) is 0 Å². The number of methoxy groups -OCH3 is 2. The molecule has 4 rings (SSSR count). The van der Waals surface area contributed by atoms with E-state index in [-0.39, 0.29) is 17.3 Å². The molecule has 2 aromatic carbocycles. The number of piperazine rings is 1. The number of amides is 1. The summed E-state index contributed by atoms with van der Waals surface area (Å²) in [4.78, 5) is 21.1. The number of carbonyl (C=O) groups is 1. The summed E-state index contributed by atoms with van der Waals surface area (Å²) in [5, 5.41) is 3.83. The van der Waals surface area contributed by atoms with Crippen LogP contribution in [-0.2, 0) is 12.7 Å². The fourth-order valence-corrected chi connectivity index (χ4v) is 3.96. The van der Waals surface area contributed by atoms with Gasteiger partial charge in [0.1, 0.15) is 11.5 Å². The van der Waals surface area contributed by atoms with E-state index in [4.69, 9.17) is 14.0 Å². The Kier molecular flexibility index (Phi) is 6.97. The summed E-state index contributed by atoms with van der Waals surface area (Å²) in [7, 11) is 3.09. The van der Waals surface area contributed by atoms with Gasteiger partial charge in [0.2, 0.25) is 11.7 Å². The van der Waals surface area contributed by atoms with Gasteiger partial charge < -0.3 is 18.9 Å². The molecule has 0 radical (unpaired) electrons. The highest BCUT2D eigenvalue weighted by Crippen LogP contribution is 2.32. The summed E-state index contributed by atoms with van der Waals surface area (Å²) in [5.41, 5.74) is 0.765. The zero-order valence-corrected chi connectivity index (χ0v) is 19.6. The number of alkyl halides is 3. The molecule has 0 aliphatic carbocycles. The van der Waals surface area contributed by atoms with Crippen LogP contribution in [0.4, 0.5) is 13.2 Å². The van der Waals surface area contributed by atoms with Gasteiger partial charge in [-0.05, 0) is 31.2 Å². The number of aromatic nitrogens is 2. The summed E-state index contributed by atoms with van der Waals surface area (Å²) in [6, 6.07) is 8.22. The highest BCUT2D eigenvalue weighted by molar-refractivity contribution is 5.95. The molecule has 1 amide bonds. The van der Waals surface area contributed by atoms with Crippen LogP contribution in [0.25, 0.3) is 11.4 Å². The molecule has 11 heteroatoms. The lowest BCUT2D eigenvalue weighted by Crippen LogP contribution is -2.48. The van der Waals surface area contributed by atoms with Crippen molar-refractivity contribution in [3.05, 3.63) is 59.0 Å². The number of carbonyl (C=O) groups excluding carboxylic acids is 1. The summed E-state index contributed by atoms with van der Waals surface area (Å²) in [5.74, 6) is 1.44. The smallest absolute Gasteiger partial charge is 0.416 e. The fourth-order valence-electron chi connectivity index (χ4n) is 3.96. The molecule has 186 valence electrons. The second kappa shape index (κ2) is 9.95. The van der Waals surface area contributed by atoms with Crippen LogP contribution < -0.4 is 9.47 Å². The van der Waals surface area contributed by atoms with Crippen molar-refractivity contribution in [2.45, 2.75) is 19.6 Å². The molecule has 1 aromatic heterocycles. The third-order valence-corrected chi connectivity index (χ3v) is 5.93. The zero-order chi connectivity index (χ0) is 25.2. The minimum Gasteiger partial charge on any atom is -0.496 e. The normalized spacial score (nSPS) is 14.7. The molecule has 1 aliphatic rings. The molecule has 0 saturated carbocycles. The predicted octanol–water partition coefficient (Wildman–Crippen LogP) is 4.04. The van der Waals surface area contributed by atoms with Crippen molar-refractivity contribution in [1.29, 1.82) is 0 Å². The fraction of sp³-hybridized carbons (Fsp3) is 0.375. The largest absolute Gasteiger partial charge is 0.496 e. The lowest BCUT2D eigenvalue weighted by molar-refractivity contribution is -0.137. The van der Waals surface area contributed by atoms with Crippen LogP contribution >= 0.6 is 0 Å². The van der Waals surface area contributed by atoms with E-state index in [9.17, 15) is 18.0 Å². The van der Waals surface area contributed by atoms with Gasteiger partial charge in [0.05, 0.1) is 26.3 Å². The Balaban J connectivity index is 1.38. The maximum Gasteiger partial charge on any atom is 0.416 e. The Morgan fingerprint density at radius 3 is 2.31 bits per heavy atom. The van der Waals surface area contributed by atoms with Gasteiger partial charge in [-0.1, -0.05) is 17.3 Å². The van der Waals surface area contributed by atoms with E-state index in [0.717, 1.165) is 17.7 Å². The zero-order valence-electron chi connectivity index (χ0n) is 19.6. The number of halogens is 3. The highest BCUT2D eigenvalue weighted by Gasteiger charge is 2.31. The molecule has 0 N–H and O–H groups in total. The van der Waals surface area contributed by atoms with Gasteiger partial charge in [-0.2, -0.15) is 18.2 Å². The minimum atomic E-state index is -4.45. The quantitative estimate of drug-likeness (QED) is 0.516. The van der Waals surface area contributed by atoms with Gasteiger partial charge in [-0.15, -0.1) is 0 Å². The Morgan fingerprint density at radius 1 is 1.06 bits per heavy atom. The van der Waals surface area contributed by atoms with Crippen molar-refractivity contribution >= 4 is 5.91 Å². The number of ether oxygens (including phenoxy) is 2. The summed E-state index contributed by atoms with van der Waals surface area (Å²) in [6.07, 6.45) is -4.45. The highest BCUT2D eigenvalue weighted by atomic mass is 19.4. The first-order valence-electron chi connectivity index (χ1n) is 10.9. The molecule has 0 atom stereocenters. The second-order valence-electron chi connectivity index (χ2n) is 8.16.